The van der Waals surface area contributed by atoms with E-state index in [2.05, 4.69) is 5.32 Å². The second-order valence-corrected chi connectivity index (χ2v) is 5.00. The third-order valence-corrected chi connectivity index (χ3v) is 3.78. The molecule has 0 bridgehead atoms. The highest BCUT2D eigenvalue weighted by atomic mass is 32.2. The zero-order valence-corrected chi connectivity index (χ0v) is 9.15. The summed E-state index contributed by atoms with van der Waals surface area (Å²) in [7, 11) is 0. The van der Waals surface area contributed by atoms with Crippen molar-refractivity contribution >= 4 is 17.7 Å². The van der Waals surface area contributed by atoms with Gasteiger partial charge in [0.05, 0.1) is 0 Å². The third kappa shape index (κ3) is 2.64. The van der Waals surface area contributed by atoms with E-state index >= 15 is 0 Å². The van der Waals surface area contributed by atoms with Gasteiger partial charge in [0.1, 0.15) is 12.1 Å². The number of thioether (sulfide) groups is 1. The summed E-state index contributed by atoms with van der Waals surface area (Å²) in [5.41, 5.74) is 0. The van der Waals surface area contributed by atoms with Crippen LogP contribution in [0, 0.1) is 0 Å². The number of hydrogen-bond donors (Lipinski definition) is 1. The van der Waals surface area contributed by atoms with E-state index in [4.69, 9.17) is 4.74 Å². The highest BCUT2D eigenvalue weighted by molar-refractivity contribution is 7.99. The van der Waals surface area contributed by atoms with Gasteiger partial charge in [-0.15, -0.1) is 11.8 Å². The van der Waals surface area contributed by atoms with Gasteiger partial charge in [-0.2, -0.15) is 0 Å². The van der Waals surface area contributed by atoms with Gasteiger partial charge in [0, 0.05) is 11.6 Å². The molecule has 0 amide bonds. The fraction of sp³-hybridized carbons (Fsp3) is 0.900. The molecule has 1 unspecified atom stereocenters. The van der Waals surface area contributed by atoms with E-state index in [-0.39, 0.29) is 18.1 Å². The van der Waals surface area contributed by atoms with Crippen LogP contribution >= 0.6 is 11.8 Å². The van der Waals surface area contributed by atoms with Crippen molar-refractivity contribution in [3.8, 4) is 0 Å². The molecule has 2 aliphatic rings. The van der Waals surface area contributed by atoms with Gasteiger partial charge in [-0.1, -0.05) is 6.42 Å². The van der Waals surface area contributed by atoms with Crippen LogP contribution in [-0.2, 0) is 9.53 Å². The standard InChI is InChI=1S/C10H17NO2S/c12-10(9-6-14-7-11-9)13-8-4-2-1-3-5-8/h8-9,11H,1-7H2. The van der Waals surface area contributed by atoms with Gasteiger partial charge in [0.15, 0.2) is 0 Å². The molecule has 14 heavy (non-hydrogen) atoms. The van der Waals surface area contributed by atoms with Crippen molar-refractivity contribution in [2.75, 3.05) is 11.6 Å². The molecule has 0 aromatic carbocycles. The smallest absolute Gasteiger partial charge is 0.324 e. The molecule has 1 atom stereocenters. The highest BCUT2D eigenvalue weighted by Gasteiger charge is 2.27. The number of carbonyl (C=O) groups is 1. The van der Waals surface area contributed by atoms with Crippen LogP contribution in [0.15, 0.2) is 0 Å². The normalized spacial score (nSPS) is 29.0. The maximum absolute atomic E-state index is 11.6. The molecular weight excluding hydrogens is 198 g/mol. The highest BCUT2D eigenvalue weighted by Crippen LogP contribution is 2.21. The SMILES string of the molecule is O=C(OC1CCCCC1)C1CSCN1. The second-order valence-electron chi connectivity index (χ2n) is 3.97. The molecule has 1 heterocycles. The molecule has 0 aromatic heterocycles. The molecule has 1 aliphatic heterocycles. The van der Waals surface area contributed by atoms with Crippen molar-refractivity contribution in [2.24, 2.45) is 0 Å². The summed E-state index contributed by atoms with van der Waals surface area (Å²) in [4.78, 5) is 11.6. The van der Waals surface area contributed by atoms with E-state index in [0.29, 0.717) is 0 Å². The van der Waals surface area contributed by atoms with Crippen molar-refractivity contribution < 1.29 is 9.53 Å². The number of nitrogens with one attached hydrogen (secondary N) is 1. The monoisotopic (exact) mass is 215 g/mol. The van der Waals surface area contributed by atoms with Crippen LogP contribution in [0.25, 0.3) is 0 Å². The lowest BCUT2D eigenvalue weighted by atomic mass is 9.98. The number of hydrogen-bond acceptors (Lipinski definition) is 4. The van der Waals surface area contributed by atoms with Crippen molar-refractivity contribution in [1.29, 1.82) is 0 Å². The second kappa shape index (κ2) is 5.03. The topological polar surface area (TPSA) is 38.3 Å². The van der Waals surface area contributed by atoms with E-state index in [1.807, 2.05) is 0 Å². The number of ether oxygens (including phenoxy) is 1. The summed E-state index contributed by atoms with van der Waals surface area (Å²) in [6, 6.07) is -0.0538. The summed E-state index contributed by atoms with van der Waals surface area (Å²) < 4.78 is 5.46. The molecule has 0 aromatic rings. The molecule has 80 valence electrons. The molecule has 0 radical (unpaired) electrons. The molecule has 0 spiro atoms. The maximum Gasteiger partial charge on any atom is 0.324 e. The first-order chi connectivity index (χ1) is 6.86. The van der Waals surface area contributed by atoms with Crippen molar-refractivity contribution in [3.63, 3.8) is 0 Å². The van der Waals surface area contributed by atoms with Gasteiger partial charge >= 0.3 is 5.97 Å². The van der Waals surface area contributed by atoms with Gasteiger partial charge in [-0.05, 0) is 25.7 Å². The first-order valence-electron chi connectivity index (χ1n) is 5.38. The number of rotatable bonds is 2. The lowest BCUT2D eigenvalue weighted by Gasteiger charge is -2.23. The molecule has 1 N–H and O–H groups in total. The molecule has 4 heteroatoms. The predicted octanol–water partition coefficient (Wildman–Crippen LogP) is 1.52. The Labute approximate surface area is 89.0 Å². The predicted molar refractivity (Wildman–Crippen MR) is 57.2 cm³/mol. The van der Waals surface area contributed by atoms with E-state index in [9.17, 15) is 4.79 Å². The zero-order chi connectivity index (χ0) is 9.80. The first kappa shape index (κ1) is 10.3. The Morgan fingerprint density at radius 2 is 2.07 bits per heavy atom. The molecule has 1 saturated heterocycles. The largest absolute Gasteiger partial charge is 0.461 e. The summed E-state index contributed by atoms with van der Waals surface area (Å²) in [6.45, 7) is 0. The fourth-order valence-electron chi connectivity index (χ4n) is 1.98. The van der Waals surface area contributed by atoms with Gasteiger partial charge in [-0.3, -0.25) is 10.1 Å². The molecule has 2 fully saturated rings. The zero-order valence-electron chi connectivity index (χ0n) is 8.33. The maximum atomic E-state index is 11.6. The molecule has 1 aliphatic carbocycles. The van der Waals surface area contributed by atoms with Crippen LogP contribution in [0.3, 0.4) is 0 Å². The van der Waals surface area contributed by atoms with E-state index in [1.165, 1.54) is 19.3 Å². The fourth-order valence-corrected chi connectivity index (χ4v) is 2.90. The van der Waals surface area contributed by atoms with Crippen LogP contribution in [0.4, 0.5) is 0 Å². The van der Waals surface area contributed by atoms with Gasteiger partial charge in [0.2, 0.25) is 0 Å². The molecule has 3 nitrogen and oxygen atoms in total. The summed E-state index contributed by atoms with van der Waals surface area (Å²) in [6.07, 6.45) is 6.04. The van der Waals surface area contributed by atoms with Crippen LogP contribution < -0.4 is 5.32 Å². The average molecular weight is 215 g/mol. The average Bonchev–Trinajstić information content (AvgIpc) is 2.72. The minimum Gasteiger partial charge on any atom is -0.461 e. The number of esters is 1. The molecular formula is C10H17NO2S. The van der Waals surface area contributed by atoms with Crippen molar-refractivity contribution in [3.05, 3.63) is 0 Å². The van der Waals surface area contributed by atoms with Crippen LogP contribution in [-0.4, -0.2) is 29.7 Å². The third-order valence-electron chi connectivity index (χ3n) is 2.84. The Kier molecular flexibility index (Phi) is 3.70. The Morgan fingerprint density at radius 3 is 2.71 bits per heavy atom. The van der Waals surface area contributed by atoms with E-state index in [1.54, 1.807) is 11.8 Å². The summed E-state index contributed by atoms with van der Waals surface area (Å²) >= 11 is 1.76. The van der Waals surface area contributed by atoms with Crippen LogP contribution in [0.5, 0.6) is 0 Å². The number of carbonyl (C=O) groups excluding carboxylic acids is 1. The Morgan fingerprint density at radius 1 is 1.29 bits per heavy atom. The van der Waals surface area contributed by atoms with Crippen molar-refractivity contribution in [2.45, 2.75) is 44.2 Å². The minimum absolute atomic E-state index is 0.0399. The lowest BCUT2D eigenvalue weighted by Crippen LogP contribution is -2.37. The van der Waals surface area contributed by atoms with Gasteiger partial charge in [-0.25, -0.2) is 0 Å². The quantitative estimate of drug-likeness (QED) is 0.709. The lowest BCUT2D eigenvalue weighted by molar-refractivity contribution is -0.152. The Hall–Kier alpha value is -0.220. The van der Waals surface area contributed by atoms with Crippen molar-refractivity contribution in [1.82, 2.24) is 5.32 Å². The van der Waals surface area contributed by atoms with E-state index < -0.39 is 0 Å². The van der Waals surface area contributed by atoms with Crippen LogP contribution in [0.1, 0.15) is 32.1 Å². The van der Waals surface area contributed by atoms with Gasteiger partial charge < -0.3 is 4.74 Å². The first-order valence-corrected chi connectivity index (χ1v) is 6.53. The summed E-state index contributed by atoms with van der Waals surface area (Å²) in [5.74, 6) is 1.71. The molecule has 2 rings (SSSR count). The summed E-state index contributed by atoms with van der Waals surface area (Å²) in [5, 5.41) is 3.13. The Bertz CT molecular complexity index is 198. The van der Waals surface area contributed by atoms with Gasteiger partial charge in [0.25, 0.3) is 0 Å². The van der Waals surface area contributed by atoms with E-state index in [0.717, 1.165) is 24.5 Å². The molecule has 1 saturated carbocycles. The Balaban J connectivity index is 1.75. The van der Waals surface area contributed by atoms with Crippen LogP contribution in [0.2, 0.25) is 0 Å². The minimum atomic E-state index is -0.0538.